The molecule has 0 bridgehead atoms. The Morgan fingerprint density at radius 2 is 1.48 bits per heavy atom. The minimum atomic E-state index is -1.38. The van der Waals surface area contributed by atoms with Gasteiger partial charge in [-0.25, -0.2) is 0 Å². The van der Waals surface area contributed by atoms with Gasteiger partial charge in [0.15, 0.2) is 0 Å². The first-order chi connectivity index (χ1) is 13.9. The van der Waals surface area contributed by atoms with Crippen molar-refractivity contribution < 1.29 is 19.5 Å². The Bertz CT molecular complexity index is 1050. The zero-order valence-corrected chi connectivity index (χ0v) is 15.9. The van der Waals surface area contributed by atoms with Gasteiger partial charge in [-0.1, -0.05) is 41.9 Å². The van der Waals surface area contributed by atoms with Crippen LogP contribution >= 0.6 is 11.6 Å². The van der Waals surface area contributed by atoms with Crippen molar-refractivity contribution in [1.29, 1.82) is 0 Å². The Hall–Kier alpha value is -3.64. The summed E-state index contributed by atoms with van der Waals surface area (Å²) in [5, 5.41) is 17.0. The predicted octanol–water partition coefficient (Wildman–Crippen LogP) is 3.14. The lowest BCUT2D eigenvalue weighted by Gasteiger charge is -2.12. The number of carbonyl (C=O) groups excluding carboxylic acids is 3. The van der Waals surface area contributed by atoms with E-state index in [2.05, 4.69) is 10.6 Å². The molecule has 0 aromatic heterocycles. The summed E-state index contributed by atoms with van der Waals surface area (Å²) in [7, 11) is 0. The van der Waals surface area contributed by atoms with E-state index in [4.69, 9.17) is 11.6 Å². The van der Waals surface area contributed by atoms with Gasteiger partial charge in [0.25, 0.3) is 5.91 Å². The second-order valence-corrected chi connectivity index (χ2v) is 6.65. The maximum Gasteiger partial charge on any atom is 0.255 e. The zero-order chi connectivity index (χ0) is 20.8. The van der Waals surface area contributed by atoms with Crippen molar-refractivity contribution in [1.82, 2.24) is 0 Å². The number of hydrogen-bond acceptors (Lipinski definition) is 4. The summed E-state index contributed by atoms with van der Waals surface area (Å²) < 4.78 is 0. The minimum absolute atomic E-state index is 0.105. The fourth-order valence-corrected chi connectivity index (χ4v) is 2.79. The van der Waals surface area contributed by atoms with Crippen LogP contribution in [0.4, 0.5) is 11.4 Å². The number of hydrogen-bond donors (Lipinski definition) is 2. The lowest BCUT2D eigenvalue weighted by Crippen LogP contribution is -2.24. The second-order valence-electron chi connectivity index (χ2n) is 6.22. The molecule has 0 aliphatic heterocycles. The molecule has 2 amide bonds. The SMILES string of the molecule is O=C(Cc1ccc(Cl)cc1)Nc1ccc(C(=O)Nc2ccccc2C(=O)[O-])cc1. The summed E-state index contributed by atoms with van der Waals surface area (Å²) in [6, 6.07) is 19.2. The molecule has 3 aromatic carbocycles. The van der Waals surface area contributed by atoms with Crippen LogP contribution in [0.25, 0.3) is 0 Å². The third kappa shape index (κ3) is 5.43. The van der Waals surface area contributed by atoms with Gasteiger partial charge in [-0.2, -0.15) is 0 Å². The largest absolute Gasteiger partial charge is 0.545 e. The summed E-state index contributed by atoms with van der Waals surface area (Å²) in [5.74, 6) is -2.05. The molecule has 2 N–H and O–H groups in total. The number of rotatable bonds is 6. The zero-order valence-electron chi connectivity index (χ0n) is 15.1. The van der Waals surface area contributed by atoms with Crippen molar-refractivity contribution in [2.75, 3.05) is 10.6 Å². The van der Waals surface area contributed by atoms with Crippen molar-refractivity contribution in [2.24, 2.45) is 0 Å². The van der Waals surface area contributed by atoms with E-state index in [1.54, 1.807) is 48.5 Å². The average molecular weight is 408 g/mol. The molecule has 0 aliphatic carbocycles. The van der Waals surface area contributed by atoms with Crippen LogP contribution in [0.15, 0.2) is 72.8 Å². The summed E-state index contributed by atoms with van der Waals surface area (Å²) in [6.07, 6.45) is 0.194. The molecule has 0 spiro atoms. The van der Waals surface area contributed by atoms with Gasteiger partial charge in [0.2, 0.25) is 5.91 Å². The summed E-state index contributed by atoms with van der Waals surface area (Å²) in [4.78, 5) is 35.6. The monoisotopic (exact) mass is 407 g/mol. The Morgan fingerprint density at radius 3 is 2.14 bits per heavy atom. The van der Waals surface area contributed by atoms with Crippen LogP contribution in [0.1, 0.15) is 26.3 Å². The van der Waals surface area contributed by atoms with E-state index in [1.807, 2.05) is 0 Å². The van der Waals surface area contributed by atoms with Crippen LogP contribution in [0.5, 0.6) is 0 Å². The number of amides is 2. The van der Waals surface area contributed by atoms with Crippen molar-refractivity contribution in [3.8, 4) is 0 Å². The van der Waals surface area contributed by atoms with Gasteiger partial charge in [0.05, 0.1) is 18.1 Å². The van der Waals surface area contributed by atoms with Gasteiger partial charge in [0.1, 0.15) is 0 Å². The lowest BCUT2D eigenvalue weighted by atomic mass is 10.1. The van der Waals surface area contributed by atoms with Gasteiger partial charge >= 0.3 is 0 Å². The molecule has 3 rings (SSSR count). The number of carboxylic acids is 1. The molecule has 7 heteroatoms. The summed E-state index contributed by atoms with van der Waals surface area (Å²) >= 11 is 5.83. The van der Waals surface area contributed by atoms with Crippen molar-refractivity contribution >= 4 is 40.8 Å². The Kier molecular flexibility index (Phi) is 6.26. The van der Waals surface area contributed by atoms with Crippen LogP contribution in [-0.2, 0) is 11.2 Å². The van der Waals surface area contributed by atoms with Crippen LogP contribution in [0.3, 0.4) is 0 Å². The highest BCUT2D eigenvalue weighted by Gasteiger charge is 2.10. The third-order valence-corrected chi connectivity index (χ3v) is 4.36. The number of anilines is 2. The molecule has 6 nitrogen and oxygen atoms in total. The van der Waals surface area contributed by atoms with Gasteiger partial charge in [-0.15, -0.1) is 0 Å². The molecule has 146 valence electrons. The molecule has 0 aliphatic rings. The fourth-order valence-electron chi connectivity index (χ4n) is 2.66. The minimum Gasteiger partial charge on any atom is -0.545 e. The molecule has 0 heterocycles. The van der Waals surface area contributed by atoms with E-state index >= 15 is 0 Å². The maximum atomic E-state index is 12.4. The highest BCUT2D eigenvalue weighted by atomic mass is 35.5. The molecular weight excluding hydrogens is 392 g/mol. The normalized spacial score (nSPS) is 10.2. The average Bonchev–Trinajstić information content (AvgIpc) is 2.70. The van der Waals surface area contributed by atoms with Crippen LogP contribution in [0, 0.1) is 0 Å². The molecule has 0 saturated heterocycles. The number of halogens is 1. The quantitative estimate of drug-likeness (QED) is 0.655. The summed E-state index contributed by atoms with van der Waals surface area (Å²) in [5.41, 5.74) is 1.73. The van der Waals surface area contributed by atoms with E-state index in [9.17, 15) is 19.5 Å². The standard InChI is InChI=1S/C22H17ClN2O4/c23-16-9-5-14(6-10-16)13-20(26)24-17-11-7-15(8-12-17)21(27)25-19-4-2-1-3-18(19)22(28)29/h1-12H,13H2,(H,24,26)(H,25,27)(H,28,29)/p-1. The predicted molar refractivity (Wildman–Crippen MR) is 109 cm³/mol. The highest BCUT2D eigenvalue weighted by molar-refractivity contribution is 6.30. The first-order valence-corrected chi connectivity index (χ1v) is 9.06. The van der Waals surface area contributed by atoms with E-state index in [-0.39, 0.29) is 23.6 Å². The Labute approximate surface area is 172 Å². The van der Waals surface area contributed by atoms with Gasteiger partial charge in [0, 0.05) is 21.8 Å². The van der Waals surface area contributed by atoms with Crippen LogP contribution < -0.4 is 15.7 Å². The Morgan fingerprint density at radius 1 is 0.828 bits per heavy atom. The third-order valence-electron chi connectivity index (χ3n) is 4.10. The van der Waals surface area contributed by atoms with Crippen molar-refractivity contribution in [2.45, 2.75) is 6.42 Å². The topological polar surface area (TPSA) is 98.3 Å². The fraction of sp³-hybridized carbons (Fsp3) is 0.0455. The number of carboxylic acid groups (broad SMARTS) is 1. The van der Waals surface area contributed by atoms with Gasteiger partial charge in [-0.05, 0) is 48.0 Å². The van der Waals surface area contributed by atoms with Gasteiger partial charge in [-0.3, -0.25) is 9.59 Å². The number of aromatic carboxylic acids is 1. The first kappa shape index (κ1) is 20.1. The molecule has 0 atom stereocenters. The second kappa shape index (κ2) is 9.03. The van der Waals surface area contributed by atoms with Gasteiger partial charge < -0.3 is 20.5 Å². The molecule has 0 unspecified atom stereocenters. The summed E-state index contributed by atoms with van der Waals surface area (Å²) in [6.45, 7) is 0. The smallest absolute Gasteiger partial charge is 0.255 e. The molecule has 0 radical (unpaired) electrons. The van der Waals surface area contributed by atoms with E-state index in [0.29, 0.717) is 16.3 Å². The maximum absolute atomic E-state index is 12.4. The number of para-hydroxylation sites is 1. The first-order valence-electron chi connectivity index (χ1n) is 8.68. The van der Waals surface area contributed by atoms with Crippen LogP contribution in [0.2, 0.25) is 5.02 Å². The van der Waals surface area contributed by atoms with Crippen molar-refractivity contribution in [3.05, 3.63) is 94.5 Å². The molecule has 0 fully saturated rings. The molecule has 0 saturated carbocycles. The number of benzene rings is 3. The van der Waals surface area contributed by atoms with Crippen molar-refractivity contribution in [3.63, 3.8) is 0 Å². The van der Waals surface area contributed by atoms with E-state index < -0.39 is 11.9 Å². The van der Waals surface area contributed by atoms with E-state index in [0.717, 1.165) is 5.56 Å². The Balaban J connectivity index is 1.62. The lowest BCUT2D eigenvalue weighted by molar-refractivity contribution is -0.254. The number of nitrogens with one attached hydrogen (secondary N) is 2. The van der Waals surface area contributed by atoms with E-state index in [1.165, 1.54) is 24.3 Å². The molecule has 29 heavy (non-hydrogen) atoms. The van der Waals surface area contributed by atoms with Crippen LogP contribution in [-0.4, -0.2) is 17.8 Å². The number of carbonyl (C=O) groups is 3. The highest BCUT2D eigenvalue weighted by Crippen LogP contribution is 2.17. The molecule has 3 aromatic rings. The molecular formula is C22H16ClN2O4-.